The molecule has 0 bridgehead atoms. The molecule has 1 unspecified atom stereocenters. The van der Waals surface area contributed by atoms with Crippen LogP contribution in [0, 0.1) is 5.82 Å². The maximum Gasteiger partial charge on any atom is 0.243 e. The summed E-state index contributed by atoms with van der Waals surface area (Å²) in [6.45, 7) is 1.52. The van der Waals surface area contributed by atoms with Gasteiger partial charge in [0, 0.05) is 32.4 Å². The number of sulfonamides is 1. The van der Waals surface area contributed by atoms with Gasteiger partial charge in [-0.1, -0.05) is 24.3 Å². The number of piperidine rings is 1. The Balaban J connectivity index is 1.55. The number of ether oxygens (including phenoxy) is 1. The van der Waals surface area contributed by atoms with Crippen LogP contribution in [-0.4, -0.2) is 51.1 Å². The summed E-state index contributed by atoms with van der Waals surface area (Å²) in [5.41, 5.74) is 0.535. The molecule has 0 amide bonds. The van der Waals surface area contributed by atoms with Gasteiger partial charge >= 0.3 is 0 Å². The van der Waals surface area contributed by atoms with Crippen LogP contribution in [0.25, 0.3) is 0 Å². The first-order valence-electron chi connectivity index (χ1n) is 9.08. The Morgan fingerprint density at radius 1 is 1.07 bits per heavy atom. The lowest BCUT2D eigenvalue weighted by molar-refractivity contribution is -0.0383. The molecule has 0 N–H and O–H groups in total. The van der Waals surface area contributed by atoms with Gasteiger partial charge in [-0.25, -0.2) is 12.8 Å². The highest BCUT2D eigenvalue weighted by atomic mass is 32.2. The van der Waals surface area contributed by atoms with Crippen molar-refractivity contribution in [3.8, 4) is 0 Å². The SMILES string of the molecule is COC1CN(c2cccc(F)c2)C12CCN(S(=O)(=O)c1ccccc1)CC2. The molecule has 2 fully saturated rings. The highest BCUT2D eigenvalue weighted by Crippen LogP contribution is 2.45. The zero-order chi connectivity index (χ0) is 19.1. The minimum absolute atomic E-state index is 0.0161. The van der Waals surface area contributed by atoms with Crippen molar-refractivity contribution in [2.45, 2.75) is 29.4 Å². The highest BCUT2D eigenvalue weighted by Gasteiger charge is 2.55. The Morgan fingerprint density at radius 2 is 1.78 bits per heavy atom. The van der Waals surface area contributed by atoms with Gasteiger partial charge in [-0.15, -0.1) is 0 Å². The Bertz CT molecular complexity index is 912. The number of methoxy groups -OCH3 is 1. The zero-order valence-electron chi connectivity index (χ0n) is 15.2. The molecular formula is C20H23FN2O3S. The lowest BCUT2D eigenvalue weighted by Crippen LogP contribution is -2.74. The van der Waals surface area contributed by atoms with E-state index < -0.39 is 10.0 Å². The lowest BCUT2D eigenvalue weighted by Gasteiger charge is -2.61. The maximum absolute atomic E-state index is 13.7. The Morgan fingerprint density at radius 3 is 2.41 bits per heavy atom. The minimum Gasteiger partial charge on any atom is -0.377 e. The van der Waals surface area contributed by atoms with Gasteiger partial charge in [0.25, 0.3) is 0 Å². The molecule has 2 aliphatic rings. The third-order valence-corrected chi connectivity index (χ3v) is 7.77. The first kappa shape index (κ1) is 18.4. The predicted octanol–water partition coefficient (Wildman–Crippen LogP) is 2.88. The molecule has 1 atom stereocenters. The van der Waals surface area contributed by atoms with Crippen molar-refractivity contribution in [1.29, 1.82) is 0 Å². The summed E-state index contributed by atoms with van der Waals surface area (Å²) in [4.78, 5) is 2.48. The first-order valence-corrected chi connectivity index (χ1v) is 10.5. The smallest absolute Gasteiger partial charge is 0.243 e. The lowest BCUT2D eigenvalue weighted by atomic mass is 9.73. The molecule has 0 saturated carbocycles. The summed E-state index contributed by atoms with van der Waals surface area (Å²) in [6, 6.07) is 15.1. The van der Waals surface area contributed by atoms with Gasteiger partial charge in [-0.2, -0.15) is 4.31 Å². The van der Waals surface area contributed by atoms with E-state index in [1.165, 1.54) is 12.1 Å². The van der Waals surface area contributed by atoms with Crippen molar-refractivity contribution < 1.29 is 17.5 Å². The number of hydrogen-bond donors (Lipinski definition) is 0. The van der Waals surface area contributed by atoms with Crippen LogP contribution in [0.2, 0.25) is 0 Å². The molecule has 2 heterocycles. The van der Waals surface area contributed by atoms with Gasteiger partial charge in [0.1, 0.15) is 5.82 Å². The maximum atomic E-state index is 13.7. The fraction of sp³-hybridized carbons (Fsp3) is 0.400. The summed E-state index contributed by atoms with van der Waals surface area (Å²) in [6.07, 6.45) is 1.31. The van der Waals surface area contributed by atoms with Crippen LogP contribution in [0.5, 0.6) is 0 Å². The number of hydrogen-bond acceptors (Lipinski definition) is 4. The number of halogens is 1. The molecule has 4 rings (SSSR count). The van der Waals surface area contributed by atoms with Crippen molar-refractivity contribution in [2.75, 3.05) is 31.6 Å². The quantitative estimate of drug-likeness (QED) is 0.806. The van der Waals surface area contributed by atoms with Gasteiger partial charge in [0.15, 0.2) is 0 Å². The van der Waals surface area contributed by atoms with Crippen molar-refractivity contribution in [1.82, 2.24) is 4.31 Å². The van der Waals surface area contributed by atoms with Gasteiger partial charge in [-0.05, 0) is 43.2 Å². The van der Waals surface area contributed by atoms with Crippen LogP contribution in [0.15, 0.2) is 59.5 Å². The average Bonchev–Trinajstić information content (AvgIpc) is 2.68. The molecule has 2 aliphatic heterocycles. The molecule has 0 aromatic heterocycles. The van der Waals surface area contributed by atoms with Crippen LogP contribution < -0.4 is 4.90 Å². The third-order valence-electron chi connectivity index (χ3n) is 5.86. The van der Waals surface area contributed by atoms with Crippen LogP contribution in [-0.2, 0) is 14.8 Å². The van der Waals surface area contributed by atoms with Gasteiger partial charge < -0.3 is 9.64 Å². The van der Waals surface area contributed by atoms with Crippen molar-refractivity contribution in [3.05, 3.63) is 60.4 Å². The number of anilines is 1. The van der Waals surface area contributed by atoms with Gasteiger partial charge in [-0.3, -0.25) is 0 Å². The molecule has 5 nitrogen and oxygen atoms in total. The third kappa shape index (κ3) is 3.03. The Kier molecular flexibility index (Phi) is 4.70. The summed E-state index contributed by atoms with van der Waals surface area (Å²) in [5, 5.41) is 0. The van der Waals surface area contributed by atoms with Crippen LogP contribution in [0.3, 0.4) is 0 Å². The molecular weight excluding hydrogens is 367 g/mol. The molecule has 2 aromatic rings. The van der Waals surface area contributed by atoms with Crippen molar-refractivity contribution >= 4 is 15.7 Å². The fourth-order valence-corrected chi connectivity index (χ4v) is 5.79. The number of nitrogens with zero attached hydrogens (tertiary/aromatic N) is 2. The van der Waals surface area contributed by atoms with Gasteiger partial charge in [0.2, 0.25) is 10.0 Å². The minimum atomic E-state index is -3.50. The van der Waals surface area contributed by atoms with Gasteiger partial charge in [0.05, 0.1) is 16.5 Å². The number of rotatable bonds is 4. The van der Waals surface area contributed by atoms with E-state index in [2.05, 4.69) is 4.90 Å². The van der Waals surface area contributed by atoms with Crippen molar-refractivity contribution in [3.63, 3.8) is 0 Å². The van der Waals surface area contributed by atoms with E-state index in [1.54, 1.807) is 47.8 Å². The summed E-state index contributed by atoms with van der Waals surface area (Å²) in [5.74, 6) is -0.271. The van der Waals surface area contributed by atoms with Crippen molar-refractivity contribution in [2.24, 2.45) is 0 Å². The molecule has 0 radical (unpaired) electrons. The second-order valence-corrected chi connectivity index (χ2v) is 9.07. The summed E-state index contributed by atoms with van der Waals surface area (Å²) in [7, 11) is -1.81. The predicted molar refractivity (Wildman–Crippen MR) is 102 cm³/mol. The zero-order valence-corrected chi connectivity index (χ0v) is 16.0. The summed E-state index contributed by atoms with van der Waals surface area (Å²) >= 11 is 0. The standard InChI is InChI=1S/C20H23FN2O3S/c1-26-19-15-23(17-7-5-6-16(21)14-17)20(19)10-12-22(13-11-20)27(24,25)18-8-3-2-4-9-18/h2-9,14,19H,10-13,15H2,1H3. The van der Waals surface area contributed by atoms with E-state index >= 15 is 0 Å². The van der Waals surface area contributed by atoms with E-state index in [0.29, 0.717) is 37.4 Å². The van der Waals surface area contributed by atoms with Crippen LogP contribution >= 0.6 is 0 Å². The van der Waals surface area contributed by atoms with E-state index in [-0.39, 0.29) is 17.5 Å². The molecule has 1 spiro atoms. The van der Waals surface area contributed by atoms with E-state index in [9.17, 15) is 12.8 Å². The Labute approximate surface area is 159 Å². The molecule has 7 heteroatoms. The number of benzene rings is 2. The molecule has 2 aromatic carbocycles. The average molecular weight is 390 g/mol. The molecule has 2 saturated heterocycles. The Hall–Kier alpha value is -1.96. The van der Waals surface area contributed by atoms with E-state index in [4.69, 9.17) is 4.74 Å². The monoisotopic (exact) mass is 390 g/mol. The molecule has 27 heavy (non-hydrogen) atoms. The normalized spacial score (nSPS) is 22.6. The second-order valence-electron chi connectivity index (χ2n) is 7.14. The summed E-state index contributed by atoms with van der Waals surface area (Å²) < 4.78 is 46.7. The topological polar surface area (TPSA) is 49.9 Å². The van der Waals surface area contributed by atoms with E-state index in [0.717, 1.165) is 5.69 Å². The highest BCUT2D eigenvalue weighted by molar-refractivity contribution is 7.89. The fourth-order valence-electron chi connectivity index (χ4n) is 4.33. The molecule has 144 valence electrons. The first-order chi connectivity index (χ1) is 13.0. The largest absolute Gasteiger partial charge is 0.377 e. The molecule has 0 aliphatic carbocycles. The van der Waals surface area contributed by atoms with Crippen LogP contribution in [0.1, 0.15) is 12.8 Å². The van der Waals surface area contributed by atoms with Crippen LogP contribution in [0.4, 0.5) is 10.1 Å². The second kappa shape index (κ2) is 6.89. The van der Waals surface area contributed by atoms with E-state index in [1.807, 2.05) is 6.07 Å².